The molecular formula is C25H21N3O5S. The molecule has 172 valence electrons. The molecule has 5 aromatic rings. The molecule has 3 heterocycles. The van der Waals surface area contributed by atoms with Crippen molar-refractivity contribution >= 4 is 43.6 Å². The Labute approximate surface area is 199 Å². The van der Waals surface area contributed by atoms with Crippen LogP contribution in [0.15, 0.2) is 65.2 Å². The Morgan fingerprint density at radius 1 is 0.971 bits per heavy atom. The number of nitrogens with zero attached hydrogens (tertiary/aromatic N) is 3. The number of carbonyl (C=O) groups excluding carboxylic acids is 1. The number of furan rings is 1. The normalized spacial score (nSPS) is 11.0. The van der Waals surface area contributed by atoms with Crippen LogP contribution in [-0.4, -0.2) is 37.2 Å². The van der Waals surface area contributed by atoms with Gasteiger partial charge in [-0.25, -0.2) is 4.98 Å². The molecular weight excluding hydrogens is 454 g/mol. The van der Waals surface area contributed by atoms with E-state index in [2.05, 4.69) is 4.98 Å². The maximum atomic E-state index is 13.8. The van der Waals surface area contributed by atoms with E-state index in [0.29, 0.717) is 39.2 Å². The van der Waals surface area contributed by atoms with E-state index in [1.54, 1.807) is 50.6 Å². The summed E-state index contributed by atoms with van der Waals surface area (Å²) >= 11 is 1.34. The molecule has 0 spiro atoms. The number of methoxy groups -OCH3 is 3. The Hall–Kier alpha value is -4.11. The van der Waals surface area contributed by atoms with Gasteiger partial charge in [0.15, 0.2) is 22.2 Å². The number of carbonyl (C=O) groups is 1. The summed E-state index contributed by atoms with van der Waals surface area (Å²) in [5.41, 5.74) is 1.84. The van der Waals surface area contributed by atoms with Crippen molar-refractivity contribution in [3.05, 3.63) is 72.2 Å². The van der Waals surface area contributed by atoms with Crippen molar-refractivity contribution in [1.82, 2.24) is 9.97 Å². The SMILES string of the molecule is COc1ccc(OC)c2sc(N(Cc3ccccn3)C(=O)c3cc4cccc(OC)c4o3)nc12. The van der Waals surface area contributed by atoms with Gasteiger partial charge >= 0.3 is 0 Å². The molecule has 0 aliphatic carbocycles. The molecule has 1 amide bonds. The van der Waals surface area contributed by atoms with Gasteiger partial charge in [-0.3, -0.25) is 14.7 Å². The molecule has 5 rings (SSSR count). The summed E-state index contributed by atoms with van der Waals surface area (Å²) in [6.07, 6.45) is 1.69. The predicted molar refractivity (Wildman–Crippen MR) is 130 cm³/mol. The number of fused-ring (bicyclic) bond motifs is 2. The number of hydrogen-bond donors (Lipinski definition) is 0. The van der Waals surface area contributed by atoms with E-state index in [1.807, 2.05) is 36.4 Å². The second kappa shape index (κ2) is 9.03. The van der Waals surface area contributed by atoms with Crippen LogP contribution in [0.3, 0.4) is 0 Å². The lowest BCUT2D eigenvalue weighted by molar-refractivity contribution is 0.0960. The zero-order chi connectivity index (χ0) is 23.7. The highest BCUT2D eigenvalue weighted by Gasteiger charge is 2.27. The van der Waals surface area contributed by atoms with Gasteiger partial charge in [0.25, 0.3) is 5.91 Å². The molecule has 0 aliphatic rings. The van der Waals surface area contributed by atoms with Crippen molar-refractivity contribution in [2.24, 2.45) is 0 Å². The Bertz CT molecular complexity index is 1440. The van der Waals surface area contributed by atoms with Crippen LogP contribution in [-0.2, 0) is 6.54 Å². The third kappa shape index (κ3) is 3.80. The number of amides is 1. The first kappa shape index (κ1) is 21.7. The Kier molecular flexibility index (Phi) is 5.77. The number of para-hydroxylation sites is 1. The first-order valence-electron chi connectivity index (χ1n) is 10.4. The molecule has 2 aromatic carbocycles. The number of ether oxygens (including phenoxy) is 3. The van der Waals surface area contributed by atoms with Crippen LogP contribution in [0.5, 0.6) is 17.2 Å². The van der Waals surface area contributed by atoms with Crippen LogP contribution in [0.25, 0.3) is 21.2 Å². The highest BCUT2D eigenvalue weighted by atomic mass is 32.1. The summed E-state index contributed by atoms with van der Waals surface area (Å²) in [5, 5.41) is 1.24. The lowest BCUT2D eigenvalue weighted by atomic mass is 10.2. The van der Waals surface area contributed by atoms with Crippen LogP contribution < -0.4 is 19.1 Å². The molecule has 0 radical (unpaired) electrons. The molecule has 0 aliphatic heterocycles. The standard InChI is InChI=1S/C25H21N3O5S/c1-30-17-10-11-19(32-3)23-21(17)27-25(34-23)28(14-16-8-4-5-12-26-16)24(29)20-13-15-7-6-9-18(31-2)22(15)33-20/h4-13H,14H2,1-3H3. The van der Waals surface area contributed by atoms with Crippen molar-refractivity contribution in [3.63, 3.8) is 0 Å². The second-order valence-corrected chi connectivity index (χ2v) is 8.32. The van der Waals surface area contributed by atoms with Crippen molar-refractivity contribution in [2.45, 2.75) is 6.54 Å². The zero-order valence-corrected chi connectivity index (χ0v) is 19.6. The number of thiazole rings is 1. The summed E-state index contributed by atoms with van der Waals surface area (Å²) in [7, 11) is 4.74. The molecule has 0 bridgehead atoms. The first-order chi connectivity index (χ1) is 16.6. The number of aromatic nitrogens is 2. The Balaban J connectivity index is 1.64. The van der Waals surface area contributed by atoms with Gasteiger partial charge in [0, 0.05) is 11.6 Å². The minimum absolute atomic E-state index is 0.175. The van der Waals surface area contributed by atoms with Gasteiger partial charge in [-0.2, -0.15) is 0 Å². The van der Waals surface area contributed by atoms with Gasteiger partial charge in [-0.05, 0) is 36.4 Å². The van der Waals surface area contributed by atoms with Crippen molar-refractivity contribution < 1.29 is 23.4 Å². The molecule has 9 heteroatoms. The lowest BCUT2D eigenvalue weighted by Gasteiger charge is -2.18. The molecule has 8 nitrogen and oxygen atoms in total. The fourth-order valence-electron chi connectivity index (χ4n) is 3.71. The van der Waals surface area contributed by atoms with Gasteiger partial charge in [-0.1, -0.05) is 29.5 Å². The third-order valence-electron chi connectivity index (χ3n) is 5.36. The minimum Gasteiger partial charge on any atom is -0.495 e. The molecule has 0 N–H and O–H groups in total. The average molecular weight is 476 g/mol. The van der Waals surface area contributed by atoms with E-state index in [0.717, 1.165) is 10.1 Å². The summed E-state index contributed by atoms with van der Waals surface area (Å²) < 4.78 is 23.1. The predicted octanol–water partition coefficient (Wildman–Crippen LogP) is 5.31. The van der Waals surface area contributed by atoms with E-state index >= 15 is 0 Å². The first-order valence-corrected chi connectivity index (χ1v) is 11.2. The van der Waals surface area contributed by atoms with Gasteiger partial charge in [0.05, 0.1) is 33.6 Å². The number of hydrogen-bond acceptors (Lipinski definition) is 8. The minimum atomic E-state index is -0.346. The average Bonchev–Trinajstić information content (AvgIpc) is 3.52. The van der Waals surface area contributed by atoms with E-state index in [4.69, 9.17) is 23.6 Å². The number of anilines is 1. The maximum Gasteiger partial charge on any atom is 0.296 e. The van der Waals surface area contributed by atoms with E-state index in [9.17, 15) is 4.79 Å². The van der Waals surface area contributed by atoms with Crippen LogP contribution in [0.1, 0.15) is 16.2 Å². The summed E-state index contributed by atoms with van der Waals surface area (Å²) in [5.74, 6) is 1.63. The number of benzene rings is 2. The van der Waals surface area contributed by atoms with Gasteiger partial charge < -0.3 is 18.6 Å². The van der Waals surface area contributed by atoms with Gasteiger partial charge in [0.1, 0.15) is 21.7 Å². The zero-order valence-electron chi connectivity index (χ0n) is 18.8. The smallest absolute Gasteiger partial charge is 0.296 e. The number of pyridine rings is 1. The van der Waals surface area contributed by atoms with E-state index in [1.165, 1.54) is 11.3 Å². The highest BCUT2D eigenvalue weighted by Crippen LogP contribution is 2.41. The van der Waals surface area contributed by atoms with Crippen molar-refractivity contribution in [3.8, 4) is 17.2 Å². The molecule has 0 fully saturated rings. The van der Waals surface area contributed by atoms with Gasteiger partial charge in [-0.15, -0.1) is 0 Å². The fourth-order valence-corrected chi connectivity index (χ4v) is 4.78. The van der Waals surface area contributed by atoms with Crippen molar-refractivity contribution in [1.29, 1.82) is 0 Å². The van der Waals surface area contributed by atoms with Gasteiger partial charge in [0.2, 0.25) is 0 Å². The quantitative estimate of drug-likeness (QED) is 0.315. The third-order valence-corrected chi connectivity index (χ3v) is 6.45. The number of rotatable bonds is 7. The summed E-state index contributed by atoms with van der Waals surface area (Å²) in [4.78, 5) is 24.5. The topological polar surface area (TPSA) is 86.9 Å². The second-order valence-electron chi connectivity index (χ2n) is 7.35. The molecule has 0 atom stereocenters. The molecule has 0 saturated heterocycles. The van der Waals surface area contributed by atoms with Crippen LogP contribution in [0.4, 0.5) is 5.13 Å². The summed E-state index contributed by atoms with van der Waals surface area (Å²) in [6.45, 7) is 0.207. The maximum absolute atomic E-state index is 13.8. The van der Waals surface area contributed by atoms with Crippen molar-refractivity contribution in [2.75, 3.05) is 26.2 Å². The monoisotopic (exact) mass is 475 g/mol. The molecule has 0 unspecified atom stereocenters. The van der Waals surface area contributed by atoms with E-state index in [-0.39, 0.29) is 18.2 Å². The molecule has 0 saturated carbocycles. The van der Waals surface area contributed by atoms with Crippen LogP contribution in [0, 0.1) is 0 Å². The lowest BCUT2D eigenvalue weighted by Crippen LogP contribution is -2.30. The highest BCUT2D eigenvalue weighted by molar-refractivity contribution is 7.22. The summed E-state index contributed by atoms with van der Waals surface area (Å²) in [6, 6.07) is 16.4. The van der Waals surface area contributed by atoms with Crippen LogP contribution >= 0.6 is 11.3 Å². The van der Waals surface area contributed by atoms with Crippen LogP contribution in [0.2, 0.25) is 0 Å². The largest absolute Gasteiger partial charge is 0.495 e. The van der Waals surface area contributed by atoms with E-state index < -0.39 is 0 Å². The Morgan fingerprint density at radius 3 is 2.50 bits per heavy atom. The fraction of sp³-hybridized carbons (Fsp3) is 0.160. The molecule has 3 aromatic heterocycles. The Morgan fingerprint density at radius 2 is 1.76 bits per heavy atom. The molecule has 34 heavy (non-hydrogen) atoms.